The lowest BCUT2D eigenvalue weighted by Crippen LogP contribution is -2.27. The van der Waals surface area contributed by atoms with E-state index in [4.69, 9.17) is 28.4 Å². The SMILES string of the molecule is COC(=O)CCOCCOCCOCCOCCOCCOCCNC(=O)OC. The second-order valence-electron chi connectivity index (χ2n) is 5.42. The zero-order valence-corrected chi connectivity index (χ0v) is 17.5. The van der Waals surface area contributed by atoms with E-state index in [9.17, 15) is 9.59 Å². The standard InChI is InChI=1S/C18H35NO10/c1-22-17(20)3-5-24-7-9-26-11-13-28-15-16-29-14-12-27-10-8-25-6-4-19-18(21)23-2/h3-16H2,1-2H3,(H,19,21). The molecule has 0 fully saturated rings. The molecule has 0 aromatic rings. The minimum absolute atomic E-state index is 0.245. The van der Waals surface area contributed by atoms with Gasteiger partial charge in [0.25, 0.3) is 0 Å². The van der Waals surface area contributed by atoms with E-state index in [0.717, 1.165) is 0 Å². The quantitative estimate of drug-likeness (QED) is 0.199. The van der Waals surface area contributed by atoms with Gasteiger partial charge in [0.15, 0.2) is 0 Å². The summed E-state index contributed by atoms with van der Waals surface area (Å²) in [6.07, 6.45) is -0.230. The van der Waals surface area contributed by atoms with Gasteiger partial charge >= 0.3 is 12.1 Å². The number of rotatable bonds is 21. The number of esters is 1. The van der Waals surface area contributed by atoms with Gasteiger partial charge in [-0.2, -0.15) is 0 Å². The van der Waals surface area contributed by atoms with Crippen LogP contribution in [0.2, 0.25) is 0 Å². The highest BCUT2D eigenvalue weighted by atomic mass is 16.6. The molecule has 1 amide bonds. The molecular formula is C18H35NO10. The lowest BCUT2D eigenvalue weighted by Gasteiger charge is -2.08. The third-order valence-electron chi connectivity index (χ3n) is 3.24. The zero-order chi connectivity index (χ0) is 21.4. The number of carbonyl (C=O) groups is 2. The number of alkyl carbamates (subject to hydrolysis) is 1. The molecule has 0 aliphatic heterocycles. The fourth-order valence-electron chi connectivity index (χ4n) is 1.76. The molecule has 0 aromatic carbocycles. The summed E-state index contributed by atoms with van der Waals surface area (Å²) in [6.45, 7) is 5.77. The van der Waals surface area contributed by atoms with Gasteiger partial charge in [0, 0.05) is 6.54 Å². The lowest BCUT2D eigenvalue weighted by molar-refractivity contribution is -0.141. The fourth-order valence-corrected chi connectivity index (χ4v) is 1.76. The number of amides is 1. The zero-order valence-electron chi connectivity index (χ0n) is 17.5. The summed E-state index contributed by atoms with van der Waals surface area (Å²) in [5.74, 6) is -0.288. The summed E-state index contributed by atoms with van der Waals surface area (Å²) in [4.78, 5) is 21.6. The molecule has 0 radical (unpaired) electrons. The van der Waals surface area contributed by atoms with Crippen molar-refractivity contribution in [3.63, 3.8) is 0 Å². The van der Waals surface area contributed by atoms with Crippen LogP contribution in [0.1, 0.15) is 6.42 Å². The largest absolute Gasteiger partial charge is 0.469 e. The van der Waals surface area contributed by atoms with Gasteiger partial charge in [-0.3, -0.25) is 4.79 Å². The molecule has 0 aromatic heterocycles. The maximum absolute atomic E-state index is 10.8. The Hall–Kier alpha value is -1.50. The van der Waals surface area contributed by atoms with E-state index in [1.54, 1.807) is 0 Å². The smallest absolute Gasteiger partial charge is 0.406 e. The van der Waals surface area contributed by atoms with Gasteiger partial charge in [-0.1, -0.05) is 0 Å². The minimum Gasteiger partial charge on any atom is -0.469 e. The fraction of sp³-hybridized carbons (Fsp3) is 0.889. The van der Waals surface area contributed by atoms with Gasteiger partial charge < -0.3 is 43.2 Å². The molecule has 29 heavy (non-hydrogen) atoms. The van der Waals surface area contributed by atoms with Crippen molar-refractivity contribution in [2.75, 3.05) is 100 Å². The van der Waals surface area contributed by atoms with Crippen molar-refractivity contribution < 1.29 is 47.5 Å². The lowest BCUT2D eigenvalue weighted by atomic mass is 10.5. The van der Waals surface area contributed by atoms with E-state index in [1.807, 2.05) is 0 Å². The monoisotopic (exact) mass is 425 g/mol. The molecule has 172 valence electrons. The maximum atomic E-state index is 10.8. The van der Waals surface area contributed by atoms with Crippen molar-refractivity contribution in [1.29, 1.82) is 0 Å². The predicted octanol–water partition coefficient (Wildman–Crippen LogP) is 0.00510. The van der Waals surface area contributed by atoms with Crippen molar-refractivity contribution in [2.24, 2.45) is 0 Å². The number of nitrogens with one attached hydrogen (secondary N) is 1. The van der Waals surface area contributed by atoms with Crippen LogP contribution in [-0.4, -0.2) is 112 Å². The Morgan fingerprint density at radius 1 is 0.552 bits per heavy atom. The van der Waals surface area contributed by atoms with Crippen LogP contribution in [-0.2, 0) is 42.7 Å². The van der Waals surface area contributed by atoms with Gasteiger partial charge in [0.1, 0.15) is 0 Å². The molecule has 0 rings (SSSR count). The van der Waals surface area contributed by atoms with Gasteiger partial charge in [-0.15, -0.1) is 0 Å². The molecule has 0 heterocycles. The first-order chi connectivity index (χ1) is 14.2. The Balaban J connectivity index is 3.05. The number of hydrogen-bond donors (Lipinski definition) is 1. The van der Waals surface area contributed by atoms with E-state index >= 15 is 0 Å². The molecule has 0 aliphatic rings. The Kier molecular flexibility index (Phi) is 21.6. The van der Waals surface area contributed by atoms with Crippen LogP contribution in [0.5, 0.6) is 0 Å². The minimum atomic E-state index is -0.475. The first-order valence-corrected chi connectivity index (χ1v) is 9.55. The Morgan fingerprint density at radius 3 is 1.31 bits per heavy atom. The molecule has 0 atom stereocenters. The number of methoxy groups -OCH3 is 2. The van der Waals surface area contributed by atoms with Crippen molar-refractivity contribution >= 4 is 12.1 Å². The van der Waals surface area contributed by atoms with E-state index in [-0.39, 0.29) is 12.4 Å². The van der Waals surface area contributed by atoms with Gasteiger partial charge in [-0.25, -0.2) is 4.79 Å². The molecule has 0 spiro atoms. The average Bonchev–Trinajstić information content (AvgIpc) is 2.74. The third kappa shape index (κ3) is 22.7. The summed E-state index contributed by atoms with van der Waals surface area (Å²) in [7, 11) is 2.66. The molecular weight excluding hydrogens is 390 g/mol. The molecule has 11 nitrogen and oxygen atoms in total. The van der Waals surface area contributed by atoms with Gasteiger partial charge in [0.05, 0.1) is 99.9 Å². The van der Waals surface area contributed by atoms with Gasteiger partial charge in [-0.05, 0) is 0 Å². The molecule has 11 heteroatoms. The molecule has 0 aliphatic carbocycles. The van der Waals surface area contributed by atoms with Crippen LogP contribution in [0.25, 0.3) is 0 Å². The normalized spacial score (nSPS) is 10.7. The summed E-state index contributed by atoms with van der Waals surface area (Å²) in [5.41, 5.74) is 0. The molecule has 0 saturated heterocycles. The topological polar surface area (TPSA) is 120 Å². The van der Waals surface area contributed by atoms with Gasteiger partial charge in [0.2, 0.25) is 0 Å². The van der Waals surface area contributed by atoms with Crippen LogP contribution in [0, 0.1) is 0 Å². The summed E-state index contributed by atoms with van der Waals surface area (Å²) in [5, 5.41) is 2.51. The highest BCUT2D eigenvalue weighted by Crippen LogP contribution is 1.87. The summed E-state index contributed by atoms with van der Waals surface area (Å²) < 4.78 is 40.8. The van der Waals surface area contributed by atoms with Crippen LogP contribution in [0.3, 0.4) is 0 Å². The van der Waals surface area contributed by atoms with Crippen molar-refractivity contribution in [2.45, 2.75) is 6.42 Å². The predicted molar refractivity (Wildman–Crippen MR) is 102 cm³/mol. The molecule has 1 N–H and O–H groups in total. The number of carbonyl (C=O) groups excluding carboxylic acids is 2. The highest BCUT2D eigenvalue weighted by Gasteiger charge is 1.99. The van der Waals surface area contributed by atoms with Crippen molar-refractivity contribution in [1.82, 2.24) is 5.32 Å². The van der Waals surface area contributed by atoms with Crippen LogP contribution < -0.4 is 5.32 Å². The van der Waals surface area contributed by atoms with Crippen LogP contribution in [0.15, 0.2) is 0 Å². The first kappa shape index (κ1) is 27.5. The first-order valence-electron chi connectivity index (χ1n) is 9.55. The number of ether oxygens (including phenoxy) is 8. The third-order valence-corrected chi connectivity index (χ3v) is 3.24. The van der Waals surface area contributed by atoms with Crippen molar-refractivity contribution in [3.8, 4) is 0 Å². The number of hydrogen-bond acceptors (Lipinski definition) is 10. The Morgan fingerprint density at radius 2 is 0.931 bits per heavy atom. The molecule has 0 bridgehead atoms. The second kappa shape index (κ2) is 22.8. The summed E-state index contributed by atoms with van der Waals surface area (Å²) in [6, 6.07) is 0. The molecule has 0 saturated carbocycles. The Labute approximate surface area is 172 Å². The van der Waals surface area contributed by atoms with E-state index in [1.165, 1.54) is 14.2 Å². The molecule has 0 unspecified atom stereocenters. The van der Waals surface area contributed by atoms with E-state index < -0.39 is 6.09 Å². The van der Waals surface area contributed by atoms with E-state index in [2.05, 4.69) is 14.8 Å². The maximum Gasteiger partial charge on any atom is 0.406 e. The highest BCUT2D eigenvalue weighted by molar-refractivity contribution is 5.69. The summed E-state index contributed by atoms with van der Waals surface area (Å²) >= 11 is 0. The van der Waals surface area contributed by atoms with E-state index in [0.29, 0.717) is 85.8 Å². The Bertz CT molecular complexity index is 350. The van der Waals surface area contributed by atoms with Crippen LogP contribution in [0.4, 0.5) is 4.79 Å². The second-order valence-corrected chi connectivity index (χ2v) is 5.42. The van der Waals surface area contributed by atoms with Crippen molar-refractivity contribution in [3.05, 3.63) is 0 Å². The average molecular weight is 425 g/mol. The van der Waals surface area contributed by atoms with Crippen LogP contribution >= 0.6 is 0 Å².